The van der Waals surface area contributed by atoms with Crippen molar-refractivity contribution in [2.24, 2.45) is 5.73 Å². The summed E-state index contributed by atoms with van der Waals surface area (Å²) in [6.07, 6.45) is 1.77. The maximum atomic E-state index is 12.9. The summed E-state index contributed by atoms with van der Waals surface area (Å²) in [6, 6.07) is 14.9. The molecule has 2 aromatic rings. The van der Waals surface area contributed by atoms with E-state index in [2.05, 4.69) is 12.1 Å². The number of piperidine rings is 1. The number of carbonyl (C=O) groups excluding carboxylic acids is 1. The highest BCUT2D eigenvalue weighted by atomic mass is 16.5. The Bertz CT molecular complexity index is 904. The lowest BCUT2D eigenvalue weighted by Crippen LogP contribution is -2.41. The first-order chi connectivity index (χ1) is 14.3. The van der Waals surface area contributed by atoms with Crippen LogP contribution < -0.4 is 10.5 Å². The molecule has 0 spiro atoms. The molecule has 1 saturated heterocycles. The third kappa shape index (κ3) is 5.17. The molecule has 1 heterocycles. The van der Waals surface area contributed by atoms with Gasteiger partial charge in [-0.1, -0.05) is 30.3 Å². The van der Waals surface area contributed by atoms with Crippen LogP contribution in [0, 0.1) is 0 Å². The molecule has 1 aliphatic heterocycles. The number of nitrogens with zero attached hydrogens (tertiary/aromatic N) is 1. The molecule has 3 rings (SSSR count). The van der Waals surface area contributed by atoms with Gasteiger partial charge in [-0.05, 0) is 55.0 Å². The molecule has 1 fully saturated rings. The van der Waals surface area contributed by atoms with E-state index in [0.29, 0.717) is 36.9 Å². The average molecular weight is 412 g/mol. The molecule has 30 heavy (non-hydrogen) atoms. The zero-order chi connectivity index (χ0) is 21.7. The normalized spacial score (nSPS) is 16.7. The third-order valence-corrected chi connectivity index (χ3v) is 5.50. The zero-order valence-corrected chi connectivity index (χ0v) is 17.1. The van der Waals surface area contributed by atoms with Crippen LogP contribution in [-0.2, 0) is 11.3 Å². The van der Waals surface area contributed by atoms with Crippen LogP contribution in [0.1, 0.15) is 47.2 Å². The number of hydrogen-bond acceptors (Lipinski definition) is 5. The Morgan fingerprint density at radius 2 is 1.87 bits per heavy atom. The van der Waals surface area contributed by atoms with E-state index in [0.717, 1.165) is 25.3 Å². The highest BCUT2D eigenvalue weighted by Crippen LogP contribution is 2.29. The second-order valence-electron chi connectivity index (χ2n) is 7.91. The average Bonchev–Trinajstić information content (AvgIpc) is 2.77. The lowest BCUT2D eigenvalue weighted by Gasteiger charge is -2.32. The molecule has 0 unspecified atom stereocenters. The van der Waals surface area contributed by atoms with E-state index in [9.17, 15) is 14.7 Å². The monoisotopic (exact) mass is 412 g/mol. The zero-order valence-electron chi connectivity index (χ0n) is 17.1. The first-order valence-corrected chi connectivity index (χ1v) is 10.1. The van der Waals surface area contributed by atoms with Gasteiger partial charge in [0.15, 0.2) is 5.60 Å². The maximum Gasteiger partial charge on any atom is 0.339 e. The van der Waals surface area contributed by atoms with Crippen LogP contribution in [0.2, 0.25) is 0 Å². The second-order valence-corrected chi connectivity index (χ2v) is 7.91. The Hall–Kier alpha value is -2.90. The molecule has 1 aliphatic rings. The molecule has 2 aromatic carbocycles. The van der Waals surface area contributed by atoms with Crippen LogP contribution in [0.4, 0.5) is 0 Å². The number of rotatable bonds is 7. The van der Waals surface area contributed by atoms with E-state index in [1.54, 1.807) is 24.3 Å². The topological polar surface area (TPSA) is 113 Å². The largest absolute Gasteiger partial charge is 0.490 e. The van der Waals surface area contributed by atoms with Crippen LogP contribution >= 0.6 is 0 Å². The molecular weight excluding hydrogens is 384 g/mol. The van der Waals surface area contributed by atoms with Gasteiger partial charge in [0.1, 0.15) is 12.4 Å². The van der Waals surface area contributed by atoms with Crippen molar-refractivity contribution in [1.29, 1.82) is 0 Å². The van der Waals surface area contributed by atoms with Crippen LogP contribution in [0.5, 0.6) is 5.75 Å². The van der Waals surface area contributed by atoms with Crippen molar-refractivity contribution in [3.8, 4) is 5.75 Å². The number of carboxylic acid groups (broad SMARTS) is 1. The molecule has 160 valence electrons. The van der Waals surface area contributed by atoms with Crippen molar-refractivity contribution in [3.05, 3.63) is 65.2 Å². The van der Waals surface area contributed by atoms with Crippen LogP contribution in [-0.4, -0.2) is 52.3 Å². The fourth-order valence-corrected chi connectivity index (χ4v) is 3.58. The van der Waals surface area contributed by atoms with Gasteiger partial charge in [-0.25, -0.2) is 4.79 Å². The van der Waals surface area contributed by atoms with Crippen molar-refractivity contribution in [2.45, 2.75) is 37.8 Å². The molecule has 7 heteroatoms. The fourth-order valence-electron chi connectivity index (χ4n) is 3.58. The Morgan fingerprint density at radius 3 is 2.53 bits per heavy atom. The lowest BCUT2D eigenvalue weighted by atomic mass is 9.88. The van der Waals surface area contributed by atoms with Crippen molar-refractivity contribution in [1.82, 2.24) is 4.90 Å². The highest BCUT2D eigenvalue weighted by Gasteiger charge is 2.31. The number of benzene rings is 2. The number of hydrogen-bond donors (Lipinski definition) is 3. The minimum absolute atomic E-state index is 0.0837. The molecular formula is C23H28N2O5. The number of aliphatic hydroxyl groups is 1. The summed E-state index contributed by atoms with van der Waals surface area (Å²) >= 11 is 0. The minimum atomic E-state index is -2.00. The summed E-state index contributed by atoms with van der Waals surface area (Å²) in [6.45, 7) is 2.60. The number of likely N-dealkylation sites (tertiary alicyclic amines) is 1. The van der Waals surface area contributed by atoms with Gasteiger partial charge in [-0.15, -0.1) is 0 Å². The van der Waals surface area contributed by atoms with E-state index in [4.69, 9.17) is 15.6 Å². The molecule has 7 nitrogen and oxygen atoms in total. The fraction of sp³-hybridized carbons (Fsp3) is 0.391. The predicted molar refractivity (Wildman–Crippen MR) is 112 cm³/mol. The first-order valence-electron chi connectivity index (χ1n) is 10.1. The highest BCUT2D eigenvalue weighted by molar-refractivity contribution is 5.94. The van der Waals surface area contributed by atoms with Gasteiger partial charge in [0.05, 0.1) is 0 Å². The summed E-state index contributed by atoms with van der Waals surface area (Å²) in [7, 11) is 0. The smallest absolute Gasteiger partial charge is 0.339 e. The molecule has 0 radical (unpaired) electrons. The van der Waals surface area contributed by atoms with Crippen LogP contribution in [0.25, 0.3) is 0 Å². The molecule has 0 saturated carbocycles. The molecule has 0 aliphatic carbocycles. The second kappa shape index (κ2) is 9.28. The predicted octanol–water partition coefficient (Wildman–Crippen LogP) is 2.38. The molecule has 1 atom stereocenters. The van der Waals surface area contributed by atoms with Gasteiger partial charge in [0, 0.05) is 25.2 Å². The third-order valence-electron chi connectivity index (χ3n) is 5.50. The van der Waals surface area contributed by atoms with E-state index < -0.39 is 18.2 Å². The minimum Gasteiger partial charge on any atom is -0.490 e. The van der Waals surface area contributed by atoms with Crippen LogP contribution in [0.15, 0.2) is 48.5 Å². The van der Waals surface area contributed by atoms with Gasteiger partial charge in [0.25, 0.3) is 5.91 Å². The number of amides is 1. The Kier molecular flexibility index (Phi) is 6.74. The molecule has 0 aromatic heterocycles. The number of carbonyl (C=O) groups is 2. The van der Waals surface area contributed by atoms with Crippen molar-refractivity contribution < 1.29 is 24.5 Å². The van der Waals surface area contributed by atoms with E-state index in [1.165, 1.54) is 5.56 Å². The first kappa shape index (κ1) is 21.8. The van der Waals surface area contributed by atoms with Gasteiger partial charge in [-0.3, -0.25) is 4.79 Å². The van der Waals surface area contributed by atoms with E-state index >= 15 is 0 Å². The summed E-state index contributed by atoms with van der Waals surface area (Å²) in [5.41, 5.74) is 6.61. The standard InChI is InChI=1S/C23H28N2O5/c1-23(29,22(27)28)15-30-20-7-3-6-19(13-20)21(26)25-10-8-17(9-11-25)18-5-2-4-16(12-18)14-24/h2-7,12-13,17,29H,8-11,14-15,24H2,1H3,(H,27,28)/t23-/m0/s1. The van der Waals surface area contributed by atoms with Gasteiger partial charge >= 0.3 is 5.97 Å². The van der Waals surface area contributed by atoms with Crippen LogP contribution in [0.3, 0.4) is 0 Å². The van der Waals surface area contributed by atoms with Gasteiger partial charge in [-0.2, -0.15) is 0 Å². The summed E-state index contributed by atoms with van der Waals surface area (Å²) < 4.78 is 5.40. The Labute approximate surface area is 176 Å². The van der Waals surface area contributed by atoms with Crippen molar-refractivity contribution in [2.75, 3.05) is 19.7 Å². The molecule has 4 N–H and O–H groups in total. The van der Waals surface area contributed by atoms with Gasteiger partial charge < -0.3 is 25.6 Å². The Morgan fingerprint density at radius 1 is 1.17 bits per heavy atom. The quantitative estimate of drug-likeness (QED) is 0.644. The molecule has 1 amide bonds. The van der Waals surface area contributed by atoms with Crippen molar-refractivity contribution in [3.63, 3.8) is 0 Å². The summed E-state index contributed by atoms with van der Waals surface area (Å²) in [5.74, 6) is -0.696. The number of aliphatic carboxylic acids is 1. The lowest BCUT2D eigenvalue weighted by molar-refractivity contribution is -0.159. The SMILES string of the molecule is C[C@](O)(COc1cccc(C(=O)N2CCC(c3cccc(CN)c3)CC2)c1)C(=O)O. The van der Waals surface area contributed by atoms with Crippen molar-refractivity contribution >= 4 is 11.9 Å². The van der Waals surface area contributed by atoms with E-state index in [1.807, 2.05) is 17.0 Å². The van der Waals surface area contributed by atoms with E-state index in [-0.39, 0.29) is 5.91 Å². The van der Waals surface area contributed by atoms with Gasteiger partial charge in [0.2, 0.25) is 0 Å². The summed E-state index contributed by atoms with van der Waals surface area (Å²) in [4.78, 5) is 25.7. The molecule has 0 bridgehead atoms. The maximum absolute atomic E-state index is 12.9. The number of nitrogens with two attached hydrogens (primary N) is 1. The Balaban J connectivity index is 1.60. The summed E-state index contributed by atoms with van der Waals surface area (Å²) in [5, 5.41) is 18.7. The number of carboxylic acids is 1. The number of ether oxygens (including phenoxy) is 1.